The molecule has 1 unspecified atom stereocenters. The molecule has 9 nitrogen and oxygen atoms in total. The number of carbonyl (C=O) groups is 3. The van der Waals surface area contributed by atoms with Crippen molar-refractivity contribution in [1.82, 2.24) is 10.6 Å². The molecule has 0 saturated heterocycles. The van der Waals surface area contributed by atoms with Gasteiger partial charge in [-0.1, -0.05) is 13.3 Å². The first kappa shape index (κ1) is 19.5. The van der Waals surface area contributed by atoms with E-state index in [0.717, 1.165) is 6.42 Å². The fourth-order valence-electron chi connectivity index (χ4n) is 2.39. The van der Waals surface area contributed by atoms with Gasteiger partial charge >= 0.3 is 12.0 Å². The second kappa shape index (κ2) is 9.62. The third-order valence-electron chi connectivity index (χ3n) is 3.64. The Morgan fingerprint density at radius 3 is 2.62 bits per heavy atom. The lowest BCUT2D eigenvalue weighted by Crippen LogP contribution is -2.45. The molecule has 0 fully saturated rings. The van der Waals surface area contributed by atoms with Crippen molar-refractivity contribution >= 4 is 23.6 Å². The topological polar surface area (TPSA) is 126 Å². The molecule has 1 atom stereocenters. The summed E-state index contributed by atoms with van der Waals surface area (Å²) in [4.78, 5) is 34.7. The van der Waals surface area contributed by atoms with Crippen LogP contribution in [-0.2, 0) is 9.59 Å². The number of ether oxygens (including phenoxy) is 2. The number of rotatable bonds is 7. The molecule has 4 N–H and O–H groups in total. The minimum absolute atomic E-state index is 0.272. The summed E-state index contributed by atoms with van der Waals surface area (Å²) in [7, 11) is 0. The van der Waals surface area contributed by atoms with Crippen LogP contribution >= 0.6 is 0 Å². The molecular weight excluding hydrogens is 342 g/mol. The molecule has 1 aromatic rings. The maximum absolute atomic E-state index is 11.9. The molecule has 2 rings (SSSR count). The average Bonchev–Trinajstić information content (AvgIpc) is 2.83. The standard InChI is InChI=1S/C17H23N3O6/c1-2-4-12(16(22)23)18-10-15(21)20-17(24)19-11-5-6-13-14(9-11)26-8-3-7-25-13/h5-6,9,12,18H,2-4,7-8,10H2,1H3,(H,22,23)(H2,19,20,21,24). The Bertz CT molecular complexity index is 664. The van der Waals surface area contributed by atoms with E-state index in [1.54, 1.807) is 18.2 Å². The molecule has 0 bridgehead atoms. The molecule has 9 heteroatoms. The van der Waals surface area contributed by atoms with Gasteiger partial charge in [-0.25, -0.2) is 4.79 Å². The van der Waals surface area contributed by atoms with E-state index in [-0.39, 0.29) is 6.54 Å². The highest BCUT2D eigenvalue weighted by atomic mass is 16.5. The van der Waals surface area contributed by atoms with Crippen molar-refractivity contribution in [3.63, 3.8) is 0 Å². The number of nitrogens with one attached hydrogen (secondary N) is 3. The zero-order valence-corrected chi connectivity index (χ0v) is 14.5. The molecule has 0 saturated carbocycles. The lowest BCUT2D eigenvalue weighted by atomic mass is 10.2. The number of urea groups is 1. The van der Waals surface area contributed by atoms with Gasteiger partial charge in [0.2, 0.25) is 5.91 Å². The van der Waals surface area contributed by atoms with Crippen LogP contribution in [0, 0.1) is 0 Å². The molecule has 0 aromatic heterocycles. The van der Waals surface area contributed by atoms with E-state index < -0.39 is 23.9 Å². The van der Waals surface area contributed by atoms with Gasteiger partial charge in [0.1, 0.15) is 6.04 Å². The van der Waals surface area contributed by atoms with E-state index in [4.69, 9.17) is 14.6 Å². The van der Waals surface area contributed by atoms with Crippen LogP contribution in [0.3, 0.4) is 0 Å². The number of anilines is 1. The number of amides is 3. The van der Waals surface area contributed by atoms with E-state index >= 15 is 0 Å². The van der Waals surface area contributed by atoms with Gasteiger partial charge in [0.25, 0.3) is 0 Å². The Kier molecular flexibility index (Phi) is 7.22. The molecule has 3 amide bonds. The van der Waals surface area contributed by atoms with Crippen LogP contribution in [0.25, 0.3) is 0 Å². The number of hydrogen-bond acceptors (Lipinski definition) is 6. The minimum atomic E-state index is -1.03. The van der Waals surface area contributed by atoms with E-state index in [1.165, 1.54) is 0 Å². The van der Waals surface area contributed by atoms with Crippen LogP contribution in [0.15, 0.2) is 18.2 Å². The molecule has 0 aliphatic carbocycles. The monoisotopic (exact) mass is 365 g/mol. The maximum atomic E-state index is 11.9. The average molecular weight is 365 g/mol. The first-order valence-corrected chi connectivity index (χ1v) is 8.46. The van der Waals surface area contributed by atoms with Crippen LogP contribution in [-0.4, -0.2) is 48.8 Å². The van der Waals surface area contributed by atoms with Crippen molar-refractivity contribution in [2.45, 2.75) is 32.2 Å². The van der Waals surface area contributed by atoms with Gasteiger partial charge in [-0.05, 0) is 18.6 Å². The molecular formula is C17H23N3O6. The maximum Gasteiger partial charge on any atom is 0.325 e. The molecule has 1 aromatic carbocycles. The third-order valence-corrected chi connectivity index (χ3v) is 3.64. The number of hydrogen-bond donors (Lipinski definition) is 4. The Labute approximate surface area is 151 Å². The molecule has 26 heavy (non-hydrogen) atoms. The molecule has 1 aliphatic rings. The second-order valence-corrected chi connectivity index (χ2v) is 5.77. The summed E-state index contributed by atoms with van der Waals surface area (Å²) in [5, 5.41) is 16.3. The van der Waals surface area contributed by atoms with Crippen molar-refractivity contribution in [3.05, 3.63) is 18.2 Å². The number of imide groups is 1. The smallest absolute Gasteiger partial charge is 0.325 e. The van der Waals surface area contributed by atoms with Crippen molar-refractivity contribution in [3.8, 4) is 11.5 Å². The van der Waals surface area contributed by atoms with Gasteiger partial charge in [-0.3, -0.25) is 20.2 Å². The highest BCUT2D eigenvalue weighted by Crippen LogP contribution is 2.32. The minimum Gasteiger partial charge on any atom is -0.490 e. The van der Waals surface area contributed by atoms with Crippen molar-refractivity contribution in [2.24, 2.45) is 0 Å². The predicted molar refractivity (Wildman–Crippen MR) is 93.5 cm³/mol. The highest BCUT2D eigenvalue weighted by Gasteiger charge is 2.18. The lowest BCUT2D eigenvalue weighted by Gasteiger charge is -2.13. The zero-order chi connectivity index (χ0) is 18.9. The molecule has 1 aliphatic heterocycles. The quantitative estimate of drug-likeness (QED) is 0.574. The molecule has 0 spiro atoms. The molecule has 0 radical (unpaired) electrons. The fraction of sp³-hybridized carbons (Fsp3) is 0.471. The van der Waals surface area contributed by atoms with Gasteiger partial charge < -0.3 is 19.9 Å². The van der Waals surface area contributed by atoms with Crippen molar-refractivity contribution < 1.29 is 29.0 Å². The van der Waals surface area contributed by atoms with Gasteiger partial charge in [0.15, 0.2) is 11.5 Å². The zero-order valence-electron chi connectivity index (χ0n) is 14.5. The van der Waals surface area contributed by atoms with E-state index in [0.29, 0.717) is 43.2 Å². The number of benzene rings is 1. The Morgan fingerprint density at radius 1 is 1.19 bits per heavy atom. The summed E-state index contributed by atoms with van der Waals surface area (Å²) in [5.41, 5.74) is 0.446. The van der Waals surface area contributed by atoms with Crippen LogP contribution in [0.5, 0.6) is 11.5 Å². The van der Waals surface area contributed by atoms with Crippen LogP contribution in [0.1, 0.15) is 26.2 Å². The van der Waals surface area contributed by atoms with E-state index in [1.807, 2.05) is 6.92 Å². The Balaban J connectivity index is 1.83. The number of aliphatic carboxylic acids is 1. The summed E-state index contributed by atoms with van der Waals surface area (Å²) in [6, 6.07) is 3.40. The Hall–Kier alpha value is -2.81. The van der Waals surface area contributed by atoms with Gasteiger partial charge in [0, 0.05) is 18.2 Å². The third kappa shape index (κ3) is 5.92. The van der Waals surface area contributed by atoms with E-state index in [9.17, 15) is 14.4 Å². The summed E-state index contributed by atoms with van der Waals surface area (Å²) in [6.45, 7) is 2.67. The number of carboxylic acids is 1. The SMILES string of the molecule is CCCC(NCC(=O)NC(=O)Nc1ccc2c(c1)OCCCO2)C(=O)O. The summed E-state index contributed by atoms with van der Waals surface area (Å²) in [5.74, 6) is -0.531. The number of fused-ring (bicyclic) bond motifs is 1. The fourth-order valence-corrected chi connectivity index (χ4v) is 2.39. The Morgan fingerprint density at radius 2 is 1.92 bits per heavy atom. The largest absolute Gasteiger partial charge is 0.490 e. The van der Waals surface area contributed by atoms with Crippen LogP contribution in [0.2, 0.25) is 0 Å². The molecule has 1 heterocycles. The normalized spacial score (nSPS) is 14.0. The van der Waals surface area contributed by atoms with Crippen molar-refractivity contribution in [2.75, 3.05) is 25.1 Å². The van der Waals surface area contributed by atoms with Crippen molar-refractivity contribution in [1.29, 1.82) is 0 Å². The number of carboxylic acid groups (broad SMARTS) is 1. The van der Waals surface area contributed by atoms with E-state index in [2.05, 4.69) is 16.0 Å². The van der Waals surface area contributed by atoms with Gasteiger partial charge in [-0.2, -0.15) is 0 Å². The van der Waals surface area contributed by atoms with Crippen LogP contribution < -0.4 is 25.4 Å². The molecule has 142 valence electrons. The van der Waals surface area contributed by atoms with Crippen LogP contribution in [0.4, 0.5) is 10.5 Å². The van der Waals surface area contributed by atoms with Gasteiger partial charge in [0.05, 0.1) is 19.8 Å². The van der Waals surface area contributed by atoms with Gasteiger partial charge in [-0.15, -0.1) is 0 Å². The highest BCUT2D eigenvalue weighted by molar-refractivity contribution is 6.02. The number of carbonyl (C=O) groups excluding carboxylic acids is 2. The lowest BCUT2D eigenvalue weighted by molar-refractivity contribution is -0.139. The summed E-state index contributed by atoms with van der Waals surface area (Å²) in [6.07, 6.45) is 1.83. The summed E-state index contributed by atoms with van der Waals surface area (Å²) < 4.78 is 11.0. The summed E-state index contributed by atoms with van der Waals surface area (Å²) >= 11 is 0. The predicted octanol–water partition coefficient (Wildman–Crippen LogP) is 1.34. The first-order valence-electron chi connectivity index (χ1n) is 8.46. The second-order valence-electron chi connectivity index (χ2n) is 5.77. The first-order chi connectivity index (χ1) is 12.5.